The van der Waals surface area contributed by atoms with Crippen molar-refractivity contribution >= 4 is 23.5 Å². The standard InChI is InChI=1S/C23H29N5O3/c1-3-16(2)27-12-14-28(15-13-27)21(29)17-6-10-20(11-7-17)31-22(30)18-4-8-19(9-5-18)26-23(24)25/h4-11,16H,3,12-15H2,1-2H3,(H4,24,25,26). The first-order valence-electron chi connectivity index (χ1n) is 10.4. The molecule has 0 aromatic heterocycles. The molecule has 2 aromatic rings. The zero-order chi connectivity index (χ0) is 22.4. The van der Waals surface area contributed by atoms with Gasteiger partial charge in [-0.25, -0.2) is 9.79 Å². The fourth-order valence-electron chi connectivity index (χ4n) is 3.46. The molecule has 1 saturated heterocycles. The summed E-state index contributed by atoms with van der Waals surface area (Å²) in [5.74, 6) is -0.188. The number of carbonyl (C=O) groups is 2. The maximum absolute atomic E-state index is 12.8. The minimum Gasteiger partial charge on any atom is -0.423 e. The van der Waals surface area contributed by atoms with Gasteiger partial charge in [0.15, 0.2) is 5.96 Å². The summed E-state index contributed by atoms with van der Waals surface area (Å²) in [6, 6.07) is 13.6. The minimum atomic E-state index is -0.503. The predicted octanol–water partition coefficient (Wildman–Crippen LogP) is 2.37. The van der Waals surface area contributed by atoms with Crippen LogP contribution in [0.2, 0.25) is 0 Å². The summed E-state index contributed by atoms with van der Waals surface area (Å²) in [5.41, 5.74) is 12.2. The van der Waals surface area contributed by atoms with E-state index in [1.807, 2.05) is 4.90 Å². The maximum atomic E-state index is 12.8. The number of ether oxygens (including phenoxy) is 1. The third-order valence-corrected chi connectivity index (χ3v) is 5.49. The molecule has 1 fully saturated rings. The van der Waals surface area contributed by atoms with E-state index in [9.17, 15) is 9.59 Å². The van der Waals surface area contributed by atoms with Crippen molar-refractivity contribution < 1.29 is 14.3 Å². The molecule has 1 amide bonds. The second-order valence-corrected chi connectivity index (χ2v) is 7.58. The van der Waals surface area contributed by atoms with Crippen molar-refractivity contribution in [1.29, 1.82) is 0 Å². The maximum Gasteiger partial charge on any atom is 0.343 e. The summed E-state index contributed by atoms with van der Waals surface area (Å²) >= 11 is 0. The van der Waals surface area contributed by atoms with E-state index in [1.165, 1.54) is 0 Å². The molecule has 0 spiro atoms. The van der Waals surface area contributed by atoms with Gasteiger partial charge in [0.25, 0.3) is 5.91 Å². The summed E-state index contributed by atoms with van der Waals surface area (Å²) < 4.78 is 5.40. The Morgan fingerprint density at radius 2 is 1.55 bits per heavy atom. The molecule has 0 aliphatic carbocycles. The molecule has 8 nitrogen and oxygen atoms in total. The van der Waals surface area contributed by atoms with Crippen molar-refractivity contribution in [3.63, 3.8) is 0 Å². The molecular formula is C23H29N5O3. The molecule has 4 N–H and O–H groups in total. The molecule has 1 aliphatic rings. The van der Waals surface area contributed by atoms with E-state index in [2.05, 4.69) is 23.7 Å². The Morgan fingerprint density at radius 1 is 0.968 bits per heavy atom. The molecular weight excluding hydrogens is 394 g/mol. The van der Waals surface area contributed by atoms with Crippen molar-refractivity contribution in [3.05, 3.63) is 59.7 Å². The molecule has 8 heteroatoms. The van der Waals surface area contributed by atoms with Gasteiger partial charge in [0.1, 0.15) is 5.75 Å². The fraction of sp³-hybridized carbons (Fsp3) is 0.348. The lowest BCUT2D eigenvalue weighted by Crippen LogP contribution is -2.51. The van der Waals surface area contributed by atoms with Crippen molar-refractivity contribution in [2.75, 3.05) is 26.2 Å². The van der Waals surface area contributed by atoms with E-state index < -0.39 is 5.97 Å². The van der Waals surface area contributed by atoms with Gasteiger partial charge in [-0.05, 0) is 61.9 Å². The van der Waals surface area contributed by atoms with Crippen LogP contribution in [0.3, 0.4) is 0 Å². The van der Waals surface area contributed by atoms with Gasteiger partial charge >= 0.3 is 5.97 Å². The first-order chi connectivity index (χ1) is 14.9. The molecule has 3 rings (SSSR count). The number of esters is 1. The number of carbonyl (C=O) groups excluding carboxylic acids is 2. The van der Waals surface area contributed by atoms with Crippen LogP contribution in [0, 0.1) is 0 Å². The van der Waals surface area contributed by atoms with Gasteiger partial charge in [-0.15, -0.1) is 0 Å². The molecule has 1 atom stereocenters. The smallest absolute Gasteiger partial charge is 0.343 e. The number of guanidine groups is 1. The van der Waals surface area contributed by atoms with E-state index in [1.54, 1.807) is 48.5 Å². The van der Waals surface area contributed by atoms with Crippen LogP contribution >= 0.6 is 0 Å². The van der Waals surface area contributed by atoms with Crippen molar-refractivity contribution in [1.82, 2.24) is 9.80 Å². The summed E-state index contributed by atoms with van der Waals surface area (Å²) in [4.78, 5) is 33.3. The number of benzene rings is 2. The van der Waals surface area contributed by atoms with Gasteiger partial charge in [-0.3, -0.25) is 9.69 Å². The number of piperazine rings is 1. The average molecular weight is 424 g/mol. The van der Waals surface area contributed by atoms with Crippen LogP contribution in [-0.4, -0.2) is 59.9 Å². The molecule has 0 radical (unpaired) electrons. The van der Waals surface area contributed by atoms with E-state index >= 15 is 0 Å². The van der Waals surface area contributed by atoms with Crippen LogP contribution in [0.4, 0.5) is 5.69 Å². The zero-order valence-electron chi connectivity index (χ0n) is 18.0. The molecule has 0 saturated carbocycles. The minimum absolute atomic E-state index is 0.00278. The van der Waals surface area contributed by atoms with E-state index in [4.69, 9.17) is 16.2 Å². The Labute approximate surface area is 182 Å². The van der Waals surface area contributed by atoms with Crippen LogP contribution in [0.5, 0.6) is 5.75 Å². The van der Waals surface area contributed by atoms with Gasteiger partial charge in [0, 0.05) is 37.8 Å². The lowest BCUT2D eigenvalue weighted by atomic mass is 10.1. The second-order valence-electron chi connectivity index (χ2n) is 7.58. The molecule has 1 heterocycles. The van der Waals surface area contributed by atoms with Crippen LogP contribution in [0.15, 0.2) is 53.5 Å². The van der Waals surface area contributed by atoms with E-state index in [0.29, 0.717) is 28.6 Å². The van der Waals surface area contributed by atoms with Crippen LogP contribution in [-0.2, 0) is 0 Å². The number of nitrogens with two attached hydrogens (primary N) is 2. The average Bonchev–Trinajstić information content (AvgIpc) is 2.78. The Hall–Kier alpha value is -3.39. The van der Waals surface area contributed by atoms with Gasteiger partial charge in [0.05, 0.1) is 11.3 Å². The summed E-state index contributed by atoms with van der Waals surface area (Å²) in [6.07, 6.45) is 1.11. The van der Waals surface area contributed by atoms with Crippen LogP contribution < -0.4 is 16.2 Å². The summed E-state index contributed by atoms with van der Waals surface area (Å²) in [5, 5.41) is 0. The first-order valence-corrected chi connectivity index (χ1v) is 10.4. The van der Waals surface area contributed by atoms with Gasteiger partial charge < -0.3 is 21.1 Å². The van der Waals surface area contributed by atoms with E-state index in [0.717, 1.165) is 32.6 Å². The zero-order valence-corrected chi connectivity index (χ0v) is 18.0. The Balaban J connectivity index is 1.57. The Morgan fingerprint density at radius 3 is 2.10 bits per heavy atom. The molecule has 164 valence electrons. The van der Waals surface area contributed by atoms with Gasteiger partial charge in [0.2, 0.25) is 0 Å². The quantitative estimate of drug-likeness (QED) is 0.319. The third kappa shape index (κ3) is 5.82. The number of hydrogen-bond acceptors (Lipinski definition) is 5. The normalized spacial score (nSPS) is 15.2. The summed E-state index contributed by atoms with van der Waals surface area (Å²) in [7, 11) is 0. The first kappa shape index (κ1) is 22.3. The van der Waals surface area contributed by atoms with Crippen LogP contribution in [0.25, 0.3) is 0 Å². The molecule has 2 aromatic carbocycles. The lowest BCUT2D eigenvalue weighted by Gasteiger charge is -2.37. The number of amides is 1. The second kappa shape index (κ2) is 10.1. The molecule has 1 aliphatic heterocycles. The van der Waals surface area contributed by atoms with E-state index in [-0.39, 0.29) is 11.9 Å². The molecule has 0 bridgehead atoms. The topological polar surface area (TPSA) is 114 Å². The largest absolute Gasteiger partial charge is 0.423 e. The number of rotatable bonds is 6. The SMILES string of the molecule is CCC(C)N1CCN(C(=O)c2ccc(OC(=O)c3ccc(N=C(N)N)cc3)cc2)CC1. The number of nitrogens with zero attached hydrogens (tertiary/aromatic N) is 3. The Bertz CT molecular complexity index is 929. The monoisotopic (exact) mass is 423 g/mol. The molecule has 31 heavy (non-hydrogen) atoms. The lowest BCUT2D eigenvalue weighted by molar-refractivity contribution is 0.0579. The highest BCUT2D eigenvalue weighted by atomic mass is 16.5. The number of hydrogen-bond donors (Lipinski definition) is 2. The van der Waals surface area contributed by atoms with Gasteiger partial charge in [-0.1, -0.05) is 6.92 Å². The number of aliphatic imine (C=N–C) groups is 1. The van der Waals surface area contributed by atoms with Crippen molar-refractivity contribution in [3.8, 4) is 5.75 Å². The highest BCUT2D eigenvalue weighted by Crippen LogP contribution is 2.18. The van der Waals surface area contributed by atoms with Crippen molar-refractivity contribution in [2.24, 2.45) is 16.5 Å². The highest BCUT2D eigenvalue weighted by Gasteiger charge is 2.24. The highest BCUT2D eigenvalue weighted by molar-refractivity contribution is 5.95. The van der Waals surface area contributed by atoms with Crippen molar-refractivity contribution in [2.45, 2.75) is 26.3 Å². The fourth-order valence-corrected chi connectivity index (χ4v) is 3.46. The predicted molar refractivity (Wildman–Crippen MR) is 121 cm³/mol. The van der Waals surface area contributed by atoms with Crippen LogP contribution in [0.1, 0.15) is 41.0 Å². The Kier molecular flexibility index (Phi) is 7.25. The third-order valence-electron chi connectivity index (χ3n) is 5.49. The summed E-state index contributed by atoms with van der Waals surface area (Å²) in [6.45, 7) is 7.61. The van der Waals surface area contributed by atoms with Gasteiger partial charge in [-0.2, -0.15) is 0 Å². The molecule has 1 unspecified atom stereocenters.